The Balaban J connectivity index is 1.51. The Bertz CT molecular complexity index is 821. The Morgan fingerprint density at radius 3 is 2.42 bits per heavy atom. The van der Waals surface area contributed by atoms with Crippen LogP contribution in [0.4, 0.5) is 0 Å². The zero-order chi connectivity index (χ0) is 22.3. The van der Waals surface area contributed by atoms with Crippen LogP contribution >= 0.6 is 0 Å². The second kappa shape index (κ2) is 10.9. The number of piperidine rings is 1. The van der Waals surface area contributed by atoms with Crippen LogP contribution in [0.1, 0.15) is 56.2 Å². The minimum absolute atomic E-state index is 0.262. The van der Waals surface area contributed by atoms with Crippen molar-refractivity contribution in [2.45, 2.75) is 58.3 Å². The van der Waals surface area contributed by atoms with E-state index in [0.29, 0.717) is 0 Å². The predicted molar refractivity (Wildman–Crippen MR) is 129 cm³/mol. The van der Waals surface area contributed by atoms with Gasteiger partial charge in [-0.25, -0.2) is 0 Å². The molecule has 1 aliphatic heterocycles. The first-order valence-corrected chi connectivity index (χ1v) is 11.9. The van der Waals surface area contributed by atoms with Gasteiger partial charge in [-0.3, -0.25) is 0 Å². The fraction of sp³-hybridized carbons (Fsp3) is 0.536. The van der Waals surface area contributed by atoms with E-state index in [2.05, 4.69) is 62.1 Å². The lowest BCUT2D eigenvalue weighted by Gasteiger charge is -2.35. The number of carbonyl (C=O) groups excluding carboxylic acids is 1. The van der Waals surface area contributed by atoms with Gasteiger partial charge < -0.3 is 14.4 Å². The molecule has 31 heavy (non-hydrogen) atoms. The topological polar surface area (TPSA) is 29.5 Å². The molecule has 0 aromatic heterocycles. The molecule has 3 nitrogen and oxygen atoms in total. The molecule has 168 valence electrons. The van der Waals surface area contributed by atoms with Crippen LogP contribution in [-0.4, -0.2) is 37.9 Å². The highest BCUT2D eigenvalue weighted by molar-refractivity contribution is 5.69. The molecule has 3 rings (SSSR count). The summed E-state index contributed by atoms with van der Waals surface area (Å²) in [6.45, 7) is 9.93. The zero-order valence-electron chi connectivity index (χ0n) is 19.8. The lowest BCUT2D eigenvalue weighted by molar-refractivity contribution is -0.114. The minimum atomic E-state index is -0.421. The van der Waals surface area contributed by atoms with Crippen molar-refractivity contribution < 1.29 is 9.53 Å². The maximum Gasteiger partial charge on any atom is 0.130 e. The van der Waals surface area contributed by atoms with E-state index in [1.807, 2.05) is 12.1 Å². The summed E-state index contributed by atoms with van der Waals surface area (Å²) in [5.74, 6) is 1.89. The molecule has 0 radical (unpaired) electrons. The number of hydrogen-bond acceptors (Lipinski definition) is 3. The molecule has 1 unspecified atom stereocenters. The average Bonchev–Trinajstić information content (AvgIpc) is 2.78. The summed E-state index contributed by atoms with van der Waals surface area (Å²) in [4.78, 5) is 14.9. The molecular weight excluding hydrogens is 382 g/mol. The average molecular weight is 422 g/mol. The normalized spacial score (nSPS) is 17.5. The highest BCUT2D eigenvalue weighted by atomic mass is 16.5. The number of hydrogen-bond donors (Lipinski definition) is 0. The summed E-state index contributed by atoms with van der Waals surface area (Å²) in [5.41, 5.74) is 3.52. The van der Waals surface area contributed by atoms with Gasteiger partial charge in [0.1, 0.15) is 12.0 Å². The first-order chi connectivity index (χ1) is 15.0. The van der Waals surface area contributed by atoms with Gasteiger partial charge in [-0.05, 0) is 93.8 Å². The van der Waals surface area contributed by atoms with Crippen LogP contribution in [0.25, 0.3) is 0 Å². The van der Waals surface area contributed by atoms with E-state index in [1.54, 1.807) is 7.11 Å². The van der Waals surface area contributed by atoms with Gasteiger partial charge in [-0.1, -0.05) is 55.8 Å². The van der Waals surface area contributed by atoms with Crippen LogP contribution < -0.4 is 4.74 Å². The van der Waals surface area contributed by atoms with Gasteiger partial charge in [-0.15, -0.1) is 0 Å². The molecule has 1 saturated heterocycles. The van der Waals surface area contributed by atoms with Crippen LogP contribution in [-0.2, 0) is 16.6 Å². The Kier molecular flexibility index (Phi) is 8.31. The van der Waals surface area contributed by atoms with Gasteiger partial charge in [-0.2, -0.15) is 0 Å². The number of aryl methyl sites for hydroxylation is 1. The molecule has 1 heterocycles. The summed E-state index contributed by atoms with van der Waals surface area (Å²) < 4.78 is 5.29. The molecule has 0 amide bonds. The first-order valence-electron chi connectivity index (χ1n) is 11.9. The van der Waals surface area contributed by atoms with Gasteiger partial charge in [0.05, 0.1) is 12.5 Å². The van der Waals surface area contributed by atoms with Crippen molar-refractivity contribution in [1.29, 1.82) is 0 Å². The number of carbonyl (C=O) groups is 1. The second-order valence-electron chi connectivity index (χ2n) is 9.62. The quantitative estimate of drug-likeness (QED) is 0.452. The highest BCUT2D eigenvalue weighted by Crippen LogP contribution is 2.36. The lowest BCUT2D eigenvalue weighted by atomic mass is 9.70. The maximum absolute atomic E-state index is 12.3. The smallest absolute Gasteiger partial charge is 0.130 e. The Morgan fingerprint density at radius 2 is 1.84 bits per heavy atom. The molecule has 0 spiro atoms. The van der Waals surface area contributed by atoms with Crippen molar-refractivity contribution >= 4 is 6.29 Å². The third-order valence-electron chi connectivity index (χ3n) is 7.25. The van der Waals surface area contributed by atoms with Crippen LogP contribution in [0.2, 0.25) is 0 Å². The van der Waals surface area contributed by atoms with Gasteiger partial charge >= 0.3 is 0 Å². The molecule has 2 aromatic rings. The molecule has 1 atom stereocenters. The number of ether oxygens (including phenoxy) is 1. The minimum Gasteiger partial charge on any atom is -0.497 e. The van der Waals surface area contributed by atoms with E-state index in [9.17, 15) is 4.79 Å². The zero-order valence-corrected chi connectivity index (χ0v) is 19.8. The van der Waals surface area contributed by atoms with Gasteiger partial charge in [0.2, 0.25) is 0 Å². The van der Waals surface area contributed by atoms with E-state index < -0.39 is 5.41 Å². The number of aldehydes is 1. The van der Waals surface area contributed by atoms with Gasteiger partial charge in [0.15, 0.2) is 0 Å². The maximum atomic E-state index is 12.3. The summed E-state index contributed by atoms with van der Waals surface area (Å²) in [6, 6.07) is 17.0. The molecule has 1 aliphatic rings. The summed E-state index contributed by atoms with van der Waals surface area (Å²) >= 11 is 0. The van der Waals surface area contributed by atoms with Crippen molar-refractivity contribution in [2.24, 2.45) is 11.8 Å². The molecular formula is C28H39NO2. The van der Waals surface area contributed by atoms with Crippen molar-refractivity contribution in [3.05, 3.63) is 65.2 Å². The number of likely N-dealkylation sites (tertiary alicyclic amines) is 1. The molecule has 2 aromatic carbocycles. The first kappa shape index (κ1) is 23.5. The molecule has 0 N–H and O–H groups in total. The van der Waals surface area contributed by atoms with Crippen molar-refractivity contribution in [1.82, 2.24) is 4.90 Å². The molecule has 1 fully saturated rings. The fourth-order valence-corrected chi connectivity index (χ4v) is 5.11. The number of methoxy groups -OCH3 is 1. The van der Waals surface area contributed by atoms with Crippen molar-refractivity contribution in [2.75, 3.05) is 26.7 Å². The molecule has 0 aliphatic carbocycles. The van der Waals surface area contributed by atoms with E-state index in [1.165, 1.54) is 49.8 Å². The van der Waals surface area contributed by atoms with E-state index >= 15 is 0 Å². The van der Waals surface area contributed by atoms with Crippen molar-refractivity contribution in [3.63, 3.8) is 0 Å². The number of nitrogens with zero attached hydrogens (tertiary/aromatic N) is 1. The standard InChI is InChI=1S/C28H39NO2/c1-22(2)28(21-30,26-9-11-27(31-4)12-10-26)15-6-16-29-17-13-24(14-18-29)20-25-8-5-7-23(3)19-25/h5,7-12,19,21-22,24H,6,13-18,20H2,1-4H3. The predicted octanol–water partition coefficient (Wildman–Crippen LogP) is 5.83. The summed E-state index contributed by atoms with van der Waals surface area (Å²) in [5, 5.41) is 0. The van der Waals surface area contributed by atoms with E-state index in [4.69, 9.17) is 4.74 Å². The Morgan fingerprint density at radius 1 is 1.13 bits per heavy atom. The Labute approximate surface area is 188 Å². The monoisotopic (exact) mass is 421 g/mol. The summed E-state index contributed by atoms with van der Waals surface area (Å²) in [7, 11) is 1.68. The van der Waals surface area contributed by atoms with Crippen molar-refractivity contribution in [3.8, 4) is 5.75 Å². The third-order valence-corrected chi connectivity index (χ3v) is 7.25. The molecule has 3 heteroatoms. The van der Waals surface area contributed by atoms with E-state index in [0.717, 1.165) is 36.6 Å². The van der Waals surface area contributed by atoms with Gasteiger partial charge in [0.25, 0.3) is 0 Å². The highest BCUT2D eigenvalue weighted by Gasteiger charge is 2.35. The van der Waals surface area contributed by atoms with Crippen LogP contribution in [0.5, 0.6) is 5.75 Å². The molecule has 0 saturated carbocycles. The fourth-order valence-electron chi connectivity index (χ4n) is 5.11. The number of benzene rings is 2. The van der Waals surface area contributed by atoms with Gasteiger partial charge in [0, 0.05) is 0 Å². The SMILES string of the molecule is COc1ccc(C(C=O)(CCCN2CCC(Cc3cccc(C)c3)CC2)C(C)C)cc1. The van der Waals surface area contributed by atoms with Crippen LogP contribution in [0, 0.1) is 18.8 Å². The summed E-state index contributed by atoms with van der Waals surface area (Å²) in [6.07, 6.45) is 6.88. The third kappa shape index (κ3) is 5.98. The van der Waals surface area contributed by atoms with Crippen LogP contribution in [0.3, 0.4) is 0 Å². The second-order valence-corrected chi connectivity index (χ2v) is 9.62. The lowest BCUT2D eigenvalue weighted by Crippen LogP contribution is -2.38. The Hall–Kier alpha value is -2.13. The van der Waals surface area contributed by atoms with Crippen LogP contribution in [0.15, 0.2) is 48.5 Å². The van der Waals surface area contributed by atoms with E-state index in [-0.39, 0.29) is 5.92 Å². The molecule has 0 bridgehead atoms. The largest absolute Gasteiger partial charge is 0.497 e. The number of rotatable bonds is 10.